The predicted molar refractivity (Wildman–Crippen MR) is 106 cm³/mol. The summed E-state index contributed by atoms with van der Waals surface area (Å²) in [6.07, 6.45) is 5.01. The van der Waals surface area contributed by atoms with Crippen molar-refractivity contribution in [2.45, 2.75) is 46.5 Å². The van der Waals surface area contributed by atoms with Crippen molar-refractivity contribution in [1.82, 2.24) is 15.0 Å². The Balaban J connectivity index is 1.86. The van der Waals surface area contributed by atoms with Crippen LogP contribution < -0.4 is 5.32 Å². The molecule has 0 fully saturated rings. The highest BCUT2D eigenvalue weighted by atomic mass is 15.1. The van der Waals surface area contributed by atoms with Gasteiger partial charge in [0.1, 0.15) is 11.3 Å². The van der Waals surface area contributed by atoms with Crippen molar-refractivity contribution in [2.24, 2.45) is 5.92 Å². The quantitative estimate of drug-likeness (QED) is 0.566. The molecule has 25 heavy (non-hydrogen) atoms. The molecule has 2 N–H and O–H groups in total. The van der Waals surface area contributed by atoms with Crippen LogP contribution in [0.2, 0.25) is 0 Å². The van der Waals surface area contributed by atoms with E-state index in [0.29, 0.717) is 5.92 Å². The number of fused-ring (bicyclic) bond motifs is 1. The van der Waals surface area contributed by atoms with Gasteiger partial charge in [0, 0.05) is 12.2 Å². The first kappa shape index (κ1) is 17.5. The van der Waals surface area contributed by atoms with Gasteiger partial charge in [0.25, 0.3) is 0 Å². The number of nitrogens with one attached hydrogen (secondary N) is 2. The Morgan fingerprint density at radius 3 is 2.64 bits per heavy atom. The summed E-state index contributed by atoms with van der Waals surface area (Å²) in [5.74, 6) is 2.41. The van der Waals surface area contributed by atoms with Gasteiger partial charge in [-0.2, -0.15) is 0 Å². The SMILES string of the molecule is CCCCC(CC)CNc1nc(C)nc2cc(-c3ccccc3)[nH]c12. The molecule has 0 aliphatic carbocycles. The first-order valence-electron chi connectivity index (χ1n) is 9.37. The van der Waals surface area contributed by atoms with Gasteiger partial charge in [0.15, 0.2) is 5.82 Å². The van der Waals surface area contributed by atoms with E-state index in [1.165, 1.54) is 31.2 Å². The molecule has 3 aromatic rings. The minimum absolute atomic E-state index is 0.689. The molecule has 1 atom stereocenters. The first-order chi connectivity index (χ1) is 12.2. The van der Waals surface area contributed by atoms with Gasteiger partial charge in [-0.1, -0.05) is 63.4 Å². The van der Waals surface area contributed by atoms with Crippen molar-refractivity contribution < 1.29 is 0 Å². The summed E-state index contributed by atoms with van der Waals surface area (Å²) in [5, 5.41) is 3.57. The molecule has 0 aliphatic rings. The normalized spacial score (nSPS) is 12.4. The third-order valence-electron chi connectivity index (χ3n) is 4.78. The zero-order valence-electron chi connectivity index (χ0n) is 15.5. The van der Waals surface area contributed by atoms with Gasteiger partial charge in [0.2, 0.25) is 0 Å². The summed E-state index contributed by atoms with van der Waals surface area (Å²) in [6.45, 7) is 7.43. The number of benzene rings is 1. The molecule has 0 radical (unpaired) electrons. The van der Waals surface area contributed by atoms with Crippen molar-refractivity contribution >= 4 is 16.9 Å². The number of aryl methyl sites for hydroxylation is 1. The number of rotatable bonds is 8. The van der Waals surface area contributed by atoms with Crippen molar-refractivity contribution in [3.8, 4) is 11.3 Å². The largest absolute Gasteiger partial charge is 0.368 e. The Bertz CT molecular complexity index is 807. The fraction of sp³-hybridized carbons (Fsp3) is 0.429. The lowest BCUT2D eigenvalue weighted by atomic mass is 9.99. The summed E-state index contributed by atoms with van der Waals surface area (Å²) in [6, 6.07) is 12.5. The van der Waals surface area contributed by atoms with E-state index in [1.807, 2.05) is 13.0 Å². The van der Waals surface area contributed by atoms with Crippen LogP contribution >= 0.6 is 0 Å². The number of hydrogen-bond donors (Lipinski definition) is 2. The third-order valence-corrected chi connectivity index (χ3v) is 4.78. The van der Waals surface area contributed by atoms with E-state index in [9.17, 15) is 0 Å². The van der Waals surface area contributed by atoms with Gasteiger partial charge in [-0.3, -0.25) is 0 Å². The molecule has 2 heterocycles. The van der Waals surface area contributed by atoms with E-state index in [-0.39, 0.29) is 0 Å². The first-order valence-corrected chi connectivity index (χ1v) is 9.37. The summed E-state index contributed by atoms with van der Waals surface area (Å²) in [7, 11) is 0. The Labute approximate surface area is 150 Å². The third kappa shape index (κ3) is 4.19. The van der Waals surface area contributed by atoms with Crippen molar-refractivity contribution in [3.05, 3.63) is 42.2 Å². The van der Waals surface area contributed by atoms with Crippen LogP contribution in [0.1, 0.15) is 45.4 Å². The molecule has 0 aliphatic heterocycles. The summed E-state index contributed by atoms with van der Waals surface area (Å²) in [5.41, 5.74) is 4.21. The molecule has 1 unspecified atom stereocenters. The van der Waals surface area contributed by atoms with E-state index < -0.39 is 0 Å². The zero-order valence-corrected chi connectivity index (χ0v) is 15.5. The molecule has 4 heteroatoms. The van der Waals surface area contributed by atoms with Crippen LogP contribution in [0.5, 0.6) is 0 Å². The fourth-order valence-corrected chi connectivity index (χ4v) is 3.21. The molecule has 3 rings (SSSR count). The second-order valence-electron chi connectivity index (χ2n) is 6.73. The van der Waals surface area contributed by atoms with Gasteiger partial charge < -0.3 is 10.3 Å². The standard InChI is InChI=1S/C21H28N4/c1-4-6-10-16(5-2)14-22-21-20-19(23-15(3)24-21)13-18(25-20)17-11-8-7-9-12-17/h7-9,11-13,16,25H,4-6,10,14H2,1-3H3,(H,22,23,24). The van der Waals surface area contributed by atoms with Crippen molar-refractivity contribution in [3.63, 3.8) is 0 Å². The molecule has 1 aromatic carbocycles. The van der Waals surface area contributed by atoms with E-state index >= 15 is 0 Å². The van der Waals surface area contributed by atoms with Crippen LogP contribution in [0.3, 0.4) is 0 Å². The monoisotopic (exact) mass is 336 g/mol. The Kier molecular flexibility index (Phi) is 5.69. The molecule has 132 valence electrons. The predicted octanol–water partition coefficient (Wildman–Crippen LogP) is 5.56. The Morgan fingerprint density at radius 1 is 1.12 bits per heavy atom. The number of H-pyrrole nitrogens is 1. The number of aromatic amines is 1. The average Bonchev–Trinajstić information content (AvgIpc) is 3.06. The van der Waals surface area contributed by atoms with Crippen LogP contribution in [0.4, 0.5) is 5.82 Å². The number of nitrogens with zero attached hydrogens (tertiary/aromatic N) is 2. The molecule has 4 nitrogen and oxygen atoms in total. The maximum Gasteiger partial charge on any atom is 0.154 e. The molecular weight excluding hydrogens is 308 g/mol. The summed E-state index contributed by atoms with van der Waals surface area (Å²) >= 11 is 0. The van der Waals surface area contributed by atoms with Gasteiger partial charge in [-0.15, -0.1) is 0 Å². The molecule has 0 amide bonds. The van der Waals surface area contributed by atoms with Gasteiger partial charge in [-0.05, 0) is 30.9 Å². The summed E-state index contributed by atoms with van der Waals surface area (Å²) in [4.78, 5) is 12.7. The van der Waals surface area contributed by atoms with Crippen LogP contribution in [0.15, 0.2) is 36.4 Å². The van der Waals surface area contributed by atoms with Crippen LogP contribution in [0.25, 0.3) is 22.3 Å². The highest BCUT2D eigenvalue weighted by Gasteiger charge is 2.12. The molecule has 0 spiro atoms. The lowest BCUT2D eigenvalue weighted by Gasteiger charge is -2.16. The van der Waals surface area contributed by atoms with Crippen molar-refractivity contribution in [1.29, 1.82) is 0 Å². The van der Waals surface area contributed by atoms with Crippen LogP contribution in [-0.2, 0) is 0 Å². The van der Waals surface area contributed by atoms with Crippen LogP contribution in [0, 0.1) is 12.8 Å². The van der Waals surface area contributed by atoms with Gasteiger partial charge in [-0.25, -0.2) is 9.97 Å². The minimum Gasteiger partial charge on any atom is -0.368 e. The van der Waals surface area contributed by atoms with Crippen LogP contribution in [-0.4, -0.2) is 21.5 Å². The number of unbranched alkanes of at least 4 members (excludes halogenated alkanes) is 1. The zero-order chi connectivity index (χ0) is 17.6. The Morgan fingerprint density at radius 2 is 1.92 bits per heavy atom. The topological polar surface area (TPSA) is 53.6 Å². The molecule has 0 saturated heterocycles. The highest BCUT2D eigenvalue weighted by Crippen LogP contribution is 2.27. The van der Waals surface area contributed by atoms with E-state index in [2.05, 4.69) is 64.4 Å². The molecule has 0 bridgehead atoms. The second kappa shape index (κ2) is 8.15. The van der Waals surface area contributed by atoms with Crippen molar-refractivity contribution in [2.75, 3.05) is 11.9 Å². The lowest BCUT2D eigenvalue weighted by molar-refractivity contribution is 0.472. The Hall–Kier alpha value is -2.36. The molecule has 0 saturated carbocycles. The lowest BCUT2D eigenvalue weighted by Crippen LogP contribution is -2.15. The average molecular weight is 336 g/mol. The smallest absolute Gasteiger partial charge is 0.154 e. The minimum atomic E-state index is 0.689. The number of anilines is 1. The second-order valence-corrected chi connectivity index (χ2v) is 6.73. The van der Waals surface area contributed by atoms with Gasteiger partial charge in [0.05, 0.1) is 5.52 Å². The number of aromatic nitrogens is 3. The van der Waals surface area contributed by atoms with E-state index in [4.69, 9.17) is 0 Å². The molecule has 2 aromatic heterocycles. The number of hydrogen-bond acceptors (Lipinski definition) is 3. The highest BCUT2D eigenvalue weighted by molar-refractivity contribution is 5.90. The summed E-state index contributed by atoms with van der Waals surface area (Å²) < 4.78 is 0. The molecular formula is C21H28N4. The van der Waals surface area contributed by atoms with E-state index in [1.54, 1.807) is 0 Å². The fourth-order valence-electron chi connectivity index (χ4n) is 3.21. The van der Waals surface area contributed by atoms with E-state index in [0.717, 1.165) is 34.9 Å². The van der Waals surface area contributed by atoms with Gasteiger partial charge >= 0.3 is 0 Å². The maximum absolute atomic E-state index is 4.64. The maximum atomic E-state index is 4.64.